The predicted molar refractivity (Wildman–Crippen MR) is 79.5 cm³/mol. The van der Waals surface area contributed by atoms with Gasteiger partial charge in [0.15, 0.2) is 0 Å². The van der Waals surface area contributed by atoms with Gasteiger partial charge in [0.2, 0.25) is 10.0 Å². The zero-order chi connectivity index (χ0) is 14.8. The standard InChI is InChI=1S/C14H23N3O2S/c1-11-7-12(2)9-17(8-11)20(18,19)10-14(15)13-3-5-16-6-4-13/h3-6,11-12,14H,7-10,15H2,1-2H3. The van der Waals surface area contributed by atoms with Crippen molar-refractivity contribution in [2.45, 2.75) is 26.3 Å². The van der Waals surface area contributed by atoms with E-state index in [1.807, 2.05) is 0 Å². The Balaban J connectivity index is 2.07. The topological polar surface area (TPSA) is 76.3 Å². The van der Waals surface area contributed by atoms with Crippen molar-refractivity contribution in [3.8, 4) is 0 Å². The minimum absolute atomic E-state index is 0.0452. The number of piperidine rings is 1. The number of nitrogens with zero attached hydrogens (tertiary/aromatic N) is 2. The first-order chi connectivity index (χ1) is 9.38. The van der Waals surface area contributed by atoms with Crippen LogP contribution >= 0.6 is 0 Å². The highest BCUT2D eigenvalue weighted by molar-refractivity contribution is 7.89. The zero-order valence-corrected chi connectivity index (χ0v) is 12.9. The lowest BCUT2D eigenvalue weighted by atomic mass is 9.94. The van der Waals surface area contributed by atoms with Gasteiger partial charge in [0.05, 0.1) is 5.75 Å². The summed E-state index contributed by atoms with van der Waals surface area (Å²) in [6.45, 7) is 5.41. The van der Waals surface area contributed by atoms with Crippen molar-refractivity contribution in [1.82, 2.24) is 9.29 Å². The highest BCUT2D eigenvalue weighted by Gasteiger charge is 2.31. The third-order valence-corrected chi connectivity index (χ3v) is 5.62. The van der Waals surface area contributed by atoms with Crippen LogP contribution in [0.1, 0.15) is 31.9 Å². The molecule has 3 unspecified atom stereocenters. The number of nitrogens with two attached hydrogens (primary N) is 1. The first kappa shape index (κ1) is 15.4. The lowest BCUT2D eigenvalue weighted by Crippen LogP contribution is -2.45. The summed E-state index contributed by atoms with van der Waals surface area (Å²) in [6.07, 6.45) is 4.35. The Morgan fingerprint density at radius 1 is 1.30 bits per heavy atom. The van der Waals surface area contributed by atoms with Gasteiger partial charge in [0.25, 0.3) is 0 Å². The second kappa shape index (κ2) is 6.20. The van der Waals surface area contributed by atoms with E-state index in [-0.39, 0.29) is 5.75 Å². The lowest BCUT2D eigenvalue weighted by Gasteiger charge is -2.34. The number of hydrogen-bond donors (Lipinski definition) is 1. The summed E-state index contributed by atoms with van der Waals surface area (Å²) in [5.41, 5.74) is 6.83. The van der Waals surface area contributed by atoms with Gasteiger partial charge in [-0.25, -0.2) is 12.7 Å². The minimum Gasteiger partial charge on any atom is -0.323 e. The van der Waals surface area contributed by atoms with E-state index in [1.165, 1.54) is 0 Å². The van der Waals surface area contributed by atoms with Gasteiger partial charge >= 0.3 is 0 Å². The molecule has 20 heavy (non-hydrogen) atoms. The summed E-state index contributed by atoms with van der Waals surface area (Å²) in [7, 11) is -3.31. The van der Waals surface area contributed by atoms with Crippen molar-refractivity contribution < 1.29 is 8.42 Å². The van der Waals surface area contributed by atoms with Crippen LogP contribution in [0.5, 0.6) is 0 Å². The number of rotatable bonds is 4. The molecule has 2 heterocycles. The molecule has 2 N–H and O–H groups in total. The van der Waals surface area contributed by atoms with Crippen molar-refractivity contribution >= 4 is 10.0 Å². The second-order valence-electron chi connectivity index (χ2n) is 5.93. The molecule has 1 saturated heterocycles. The molecule has 0 bridgehead atoms. The molecule has 1 fully saturated rings. The van der Waals surface area contributed by atoms with E-state index in [0.29, 0.717) is 24.9 Å². The Hall–Kier alpha value is -0.980. The molecule has 3 atom stereocenters. The lowest BCUT2D eigenvalue weighted by molar-refractivity contribution is 0.222. The van der Waals surface area contributed by atoms with E-state index < -0.39 is 16.1 Å². The minimum atomic E-state index is -3.31. The van der Waals surface area contributed by atoms with Crippen LogP contribution in [0.25, 0.3) is 0 Å². The molecule has 2 rings (SSSR count). The Morgan fingerprint density at radius 3 is 2.40 bits per heavy atom. The van der Waals surface area contributed by atoms with Gasteiger partial charge in [-0.2, -0.15) is 0 Å². The molecule has 0 radical (unpaired) electrons. The SMILES string of the molecule is CC1CC(C)CN(S(=O)(=O)CC(N)c2ccncc2)C1. The average Bonchev–Trinajstić information content (AvgIpc) is 2.38. The van der Waals surface area contributed by atoms with Crippen LogP contribution in [0.4, 0.5) is 0 Å². The Bertz CT molecular complexity index is 523. The number of sulfonamides is 1. The molecule has 1 aromatic heterocycles. The first-order valence-electron chi connectivity index (χ1n) is 7.02. The quantitative estimate of drug-likeness (QED) is 0.911. The molecule has 112 valence electrons. The summed E-state index contributed by atoms with van der Waals surface area (Å²) in [5, 5.41) is 0. The average molecular weight is 297 g/mol. The molecule has 5 nitrogen and oxygen atoms in total. The molecule has 0 spiro atoms. The highest BCUT2D eigenvalue weighted by atomic mass is 32.2. The molecule has 0 aromatic carbocycles. The summed E-state index contributed by atoms with van der Waals surface area (Å²) in [5.74, 6) is 0.771. The van der Waals surface area contributed by atoms with E-state index in [0.717, 1.165) is 12.0 Å². The van der Waals surface area contributed by atoms with Crippen LogP contribution in [0.3, 0.4) is 0 Å². The van der Waals surface area contributed by atoms with Gasteiger partial charge in [-0.15, -0.1) is 0 Å². The van der Waals surface area contributed by atoms with Gasteiger partial charge in [0.1, 0.15) is 0 Å². The van der Waals surface area contributed by atoms with Crippen molar-refractivity contribution in [1.29, 1.82) is 0 Å². The van der Waals surface area contributed by atoms with Gasteiger partial charge in [0, 0.05) is 31.5 Å². The molecular weight excluding hydrogens is 274 g/mol. The van der Waals surface area contributed by atoms with Crippen LogP contribution in [0.15, 0.2) is 24.5 Å². The van der Waals surface area contributed by atoms with E-state index >= 15 is 0 Å². The Kier molecular flexibility index (Phi) is 4.78. The van der Waals surface area contributed by atoms with E-state index in [9.17, 15) is 8.42 Å². The molecule has 0 amide bonds. The number of hydrogen-bond acceptors (Lipinski definition) is 4. The van der Waals surface area contributed by atoms with Gasteiger partial charge in [-0.05, 0) is 36.0 Å². The predicted octanol–water partition coefficient (Wildman–Crippen LogP) is 1.39. The largest absolute Gasteiger partial charge is 0.323 e. The maximum absolute atomic E-state index is 12.5. The van der Waals surface area contributed by atoms with Crippen molar-refractivity contribution in [3.63, 3.8) is 0 Å². The van der Waals surface area contributed by atoms with Gasteiger partial charge in [-0.1, -0.05) is 13.8 Å². The van der Waals surface area contributed by atoms with Crippen LogP contribution in [-0.2, 0) is 10.0 Å². The zero-order valence-electron chi connectivity index (χ0n) is 12.1. The molecule has 0 saturated carbocycles. The van der Waals surface area contributed by atoms with Gasteiger partial charge in [-0.3, -0.25) is 4.98 Å². The van der Waals surface area contributed by atoms with Crippen LogP contribution in [0.2, 0.25) is 0 Å². The van der Waals surface area contributed by atoms with Crippen LogP contribution < -0.4 is 5.73 Å². The molecule has 6 heteroatoms. The molecule has 0 aliphatic carbocycles. The Morgan fingerprint density at radius 2 is 1.85 bits per heavy atom. The molecular formula is C14H23N3O2S. The summed E-state index contributed by atoms with van der Waals surface area (Å²) in [6, 6.07) is 3.03. The van der Waals surface area contributed by atoms with Crippen LogP contribution in [0, 0.1) is 11.8 Å². The smallest absolute Gasteiger partial charge is 0.215 e. The molecule has 1 aliphatic rings. The van der Waals surface area contributed by atoms with Crippen molar-refractivity contribution in [3.05, 3.63) is 30.1 Å². The highest BCUT2D eigenvalue weighted by Crippen LogP contribution is 2.24. The monoisotopic (exact) mass is 297 g/mol. The normalized spacial score (nSPS) is 26.4. The number of pyridine rings is 1. The summed E-state index contributed by atoms with van der Waals surface area (Å²) < 4.78 is 26.6. The van der Waals surface area contributed by atoms with Gasteiger partial charge < -0.3 is 5.73 Å². The number of aromatic nitrogens is 1. The summed E-state index contributed by atoms with van der Waals surface area (Å²) in [4.78, 5) is 3.92. The maximum atomic E-state index is 12.5. The maximum Gasteiger partial charge on any atom is 0.215 e. The van der Waals surface area contributed by atoms with Crippen LogP contribution in [-0.4, -0.2) is 36.5 Å². The third kappa shape index (κ3) is 3.77. The fourth-order valence-electron chi connectivity index (χ4n) is 2.87. The summed E-state index contributed by atoms with van der Waals surface area (Å²) >= 11 is 0. The Labute approximate surface area is 121 Å². The molecule has 1 aromatic rings. The molecule has 1 aliphatic heterocycles. The van der Waals surface area contributed by atoms with E-state index in [2.05, 4.69) is 18.8 Å². The van der Waals surface area contributed by atoms with Crippen molar-refractivity contribution in [2.24, 2.45) is 17.6 Å². The van der Waals surface area contributed by atoms with Crippen molar-refractivity contribution in [2.75, 3.05) is 18.8 Å². The third-order valence-electron chi connectivity index (χ3n) is 3.75. The fraction of sp³-hybridized carbons (Fsp3) is 0.643. The van der Waals surface area contributed by atoms with E-state index in [4.69, 9.17) is 5.73 Å². The first-order valence-corrected chi connectivity index (χ1v) is 8.62. The second-order valence-corrected chi connectivity index (χ2v) is 7.94. The fourth-order valence-corrected chi connectivity index (χ4v) is 4.69. The van der Waals surface area contributed by atoms with E-state index in [1.54, 1.807) is 28.8 Å².